The highest BCUT2D eigenvalue weighted by atomic mass is 16.2. The summed E-state index contributed by atoms with van der Waals surface area (Å²) in [4.78, 5) is 21.4. The largest absolute Gasteiger partial charge is 0.354 e. The van der Waals surface area contributed by atoms with Crippen molar-refractivity contribution in [2.45, 2.75) is 18.9 Å². The number of hydrazine groups is 1. The van der Waals surface area contributed by atoms with Crippen LogP contribution in [0.3, 0.4) is 0 Å². The predicted molar refractivity (Wildman–Crippen MR) is 41.9 cm³/mol. The molecule has 3 amide bonds. The van der Waals surface area contributed by atoms with E-state index in [-0.39, 0.29) is 11.9 Å². The fourth-order valence-electron chi connectivity index (χ4n) is 1.08. The zero-order valence-corrected chi connectivity index (χ0v) is 6.59. The second-order valence-electron chi connectivity index (χ2n) is 2.66. The first kappa shape index (κ1) is 8.79. The Labute approximate surface area is 69.8 Å². The molecule has 1 aliphatic rings. The standard InChI is InChI=1S/C6H12N4O2/c7-10-6(12)9-4-1-2-5(11)8-3-4/h4H,1-3,7H2,(H,8,11)(H2,9,10,12). The first-order valence-corrected chi connectivity index (χ1v) is 3.76. The number of carbonyl (C=O) groups excluding carboxylic acids is 2. The van der Waals surface area contributed by atoms with E-state index in [1.807, 2.05) is 5.43 Å². The van der Waals surface area contributed by atoms with Gasteiger partial charge in [0.1, 0.15) is 0 Å². The normalized spacial score (nSPS) is 22.8. The van der Waals surface area contributed by atoms with Gasteiger partial charge in [0.25, 0.3) is 0 Å². The maximum absolute atomic E-state index is 10.7. The number of carbonyl (C=O) groups is 2. The molecular formula is C6H12N4O2. The Hall–Kier alpha value is -1.30. The van der Waals surface area contributed by atoms with Gasteiger partial charge in [0.05, 0.1) is 0 Å². The van der Waals surface area contributed by atoms with Crippen molar-refractivity contribution in [3.63, 3.8) is 0 Å². The number of nitrogens with two attached hydrogens (primary N) is 1. The highest BCUT2D eigenvalue weighted by Crippen LogP contribution is 2.01. The van der Waals surface area contributed by atoms with Gasteiger partial charge in [-0.1, -0.05) is 0 Å². The Morgan fingerprint density at radius 3 is 2.92 bits per heavy atom. The molecule has 1 rings (SSSR count). The summed E-state index contributed by atoms with van der Waals surface area (Å²) in [5.41, 5.74) is 1.96. The van der Waals surface area contributed by atoms with E-state index in [2.05, 4.69) is 10.6 Å². The molecule has 12 heavy (non-hydrogen) atoms. The highest BCUT2D eigenvalue weighted by Gasteiger charge is 2.18. The lowest BCUT2D eigenvalue weighted by Gasteiger charge is -2.22. The van der Waals surface area contributed by atoms with E-state index < -0.39 is 6.03 Å². The molecule has 1 fully saturated rings. The van der Waals surface area contributed by atoms with Crippen molar-refractivity contribution in [2.75, 3.05) is 6.54 Å². The molecule has 0 aromatic carbocycles. The van der Waals surface area contributed by atoms with E-state index in [1.165, 1.54) is 0 Å². The number of hydrogen-bond acceptors (Lipinski definition) is 3. The summed E-state index contributed by atoms with van der Waals surface area (Å²) < 4.78 is 0. The first-order valence-electron chi connectivity index (χ1n) is 3.76. The van der Waals surface area contributed by atoms with Crippen LogP contribution in [0.4, 0.5) is 4.79 Å². The third-order valence-corrected chi connectivity index (χ3v) is 1.73. The zero-order chi connectivity index (χ0) is 8.97. The van der Waals surface area contributed by atoms with Crippen molar-refractivity contribution in [2.24, 2.45) is 5.84 Å². The predicted octanol–water partition coefficient (Wildman–Crippen LogP) is -1.56. The first-order chi connectivity index (χ1) is 5.72. The molecule has 1 aliphatic heterocycles. The molecule has 6 nitrogen and oxygen atoms in total. The average molecular weight is 172 g/mol. The molecular weight excluding hydrogens is 160 g/mol. The minimum Gasteiger partial charge on any atom is -0.354 e. The van der Waals surface area contributed by atoms with Crippen molar-refractivity contribution < 1.29 is 9.59 Å². The topological polar surface area (TPSA) is 96.2 Å². The zero-order valence-electron chi connectivity index (χ0n) is 6.59. The fraction of sp³-hybridized carbons (Fsp3) is 0.667. The van der Waals surface area contributed by atoms with Gasteiger partial charge in [-0.15, -0.1) is 0 Å². The summed E-state index contributed by atoms with van der Waals surface area (Å²) in [6.07, 6.45) is 1.12. The molecule has 0 aromatic rings. The number of nitrogens with one attached hydrogen (secondary N) is 3. The second kappa shape index (κ2) is 3.91. The van der Waals surface area contributed by atoms with Gasteiger partial charge in [-0.05, 0) is 6.42 Å². The van der Waals surface area contributed by atoms with Crippen molar-refractivity contribution in [1.29, 1.82) is 0 Å². The fourth-order valence-corrected chi connectivity index (χ4v) is 1.08. The van der Waals surface area contributed by atoms with E-state index in [0.717, 1.165) is 0 Å². The van der Waals surface area contributed by atoms with Crippen molar-refractivity contribution >= 4 is 11.9 Å². The maximum Gasteiger partial charge on any atom is 0.329 e. The number of rotatable bonds is 1. The summed E-state index contributed by atoms with van der Waals surface area (Å²) >= 11 is 0. The molecule has 0 aromatic heterocycles. The lowest BCUT2D eigenvalue weighted by molar-refractivity contribution is -0.122. The van der Waals surface area contributed by atoms with Crippen LogP contribution >= 0.6 is 0 Å². The van der Waals surface area contributed by atoms with Crippen LogP contribution < -0.4 is 21.9 Å². The minimum atomic E-state index is -0.420. The van der Waals surface area contributed by atoms with E-state index in [0.29, 0.717) is 19.4 Å². The monoisotopic (exact) mass is 172 g/mol. The average Bonchev–Trinajstić information content (AvgIpc) is 2.09. The van der Waals surface area contributed by atoms with Crippen molar-refractivity contribution in [1.82, 2.24) is 16.1 Å². The van der Waals surface area contributed by atoms with Crippen LogP contribution in [0.15, 0.2) is 0 Å². The molecule has 6 heteroatoms. The van der Waals surface area contributed by atoms with Crippen LogP contribution in [0.1, 0.15) is 12.8 Å². The van der Waals surface area contributed by atoms with Gasteiger partial charge in [0, 0.05) is 19.0 Å². The van der Waals surface area contributed by atoms with Gasteiger partial charge in [-0.2, -0.15) is 0 Å². The van der Waals surface area contributed by atoms with E-state index >= 15 is 0 Å². The summed E-state index contributed by atoms with van der Waals surface area (Å²) in [6, 6.07) is -0.428. The summed E-state index contributed by atoms with van der Waals surface area (Å²) in [6.45, 7) is 0.478. The van der Waals surface area contributed by atoms with Gasteiger partial charge < -0.3 is 10.6 Å². The Bertz CT molecular complexity index is 184. The third kappa shape index (κ3) is 2.39. The van der Waals surface area contributed by atoms with Gasteiger partial charge >= 0.3 is 6.03 Å². The van der Waals surface area contributed by atoms with Crippen LogP contribution in [-0.2, 0) is 4.79 Å². The molecule has 0 radical (unpaired) electrons. The molecule has 5 N–H and O–H groups in total. The van der Waals surface area contributed by atoms with Crippen LogP contribution in [-0.4, -0.2) is 24.5 Å². The Balaban J connectivity index is 2.26. The van der Waals surface area contributed by atoms with Gasteiger partial charge in [-0.25, -0.2) is 10.6 Å². The van der Waals surface area contributed by atoms with Crippen molar-refractivity contribution in [3.05, 3.63) is 0 Å². The number of urea groups is 1. The quantitative estimate of drug-likeness (QED) is 0.219. The number of piperidine rings is 1. The Kier molecular flexibility index (Phi) is 2.87. The smallest absolute Gasteiger partial charge is 0.329 e. The second-order valence-corrected chi connectivity index (χ2v) is 2.66. The lowest BCUT2D eigenvalue weighted by atomic mass is 10.1. The molecule has 0 saturated carbocycles. The summed E-state index contributed by atoms with van der Waals surface area (Å²) in [7, 11) is 0. The maximum atomic E-state index is 10.7. The Morgan fingerprint density at radius 1 is 1.67 bits per heavy atom. The molecule has 0 aliphatic carbocycles. The van der Waals surface area contributed by atoms with Gasteiger partial charge in [0.15, 0.2) is 0 Å². The molecule has 1 saturated heterocycles. The van der Waals surface area contributed by atoms with E-state index in [4.69, 9.17) is 5.84 Å². The molecule has 1 atom stereocenters. The molecule has 0 spiro atoms. The summed E-state index contributed by atoms with van der Waals surface area (Å²) in [5.74, 6) is 4.90. The number of hydrogen-bond donors (Lipinski definition) is 4. The minimum absolute atomic E-state index is 0.00810. The summed E-state index contributed by atoms with van der Waals surface area (Å²) in [5, 5.41) is 5.24. The molecule has 68 valence electrons. The molecule has 1 unspecified atom stereocenters. The van der Waals surface area contributed by atoms with Crippen LogP contribution in [0.5, 0.6) is 0 Å². The van der Waals surface area contributed by atoms with Crippen LogP contribution in [0.2, 0.25) is 0 Å². The van der Waals surface area contributed by atoms with E-state index in [9.17, 15) is 9.59 Å². The van der Waals surface area contributed by atoms with Gasteiger partial charge in [-0.3, -0.25) is 10.2 Å². The molecule has 0 bridgehead atoms. The lowest BCUT2D eigenvalue weighted by Crippen LogP contribution is -2.51. The van der Waals surface area contributed by atoms with Crippen molar-refractivity contribution in [3.8, 4) is 0 Å². The number of amides is 3. The molecule has 1 heterocycles. The van der Waals surface area contributed by atoms with Gasteiger partial charge in [0.2, 0.25) is 5.91 Å². The highest BCUT2D eigenvalue weighted by molar-refractivity contribution is 5.78. The van der Waals surface area contributed by atoms with Crippen LogP contribution in [0, 0.1) is 0 Å². The SMILES string of the molecule is NNC(=O)NC1CCC(=O)NC1. The van der Waals surface area contributed by atoms with E-state index in [1.54, 1.807) is 0 Å². The Morgan fingerprint density at radius 2 is 2.42 bits per heavy atom. The third-order valence-electron chi connectivity index (χ3n) is 1.73. The van der Waals surface area contributed by atoms with Crippen LogP contribution in [0.25, 0.3) is 0 Å².